The number of carbonyl (C=O) groups excluding carboxylic acids is 1. The molecule has 1 aliphatic heterocycles. The molecule has 2 aliphatic rings. The van der Waals surface area contributed by atoms with Gasteiger partial charge in [-0.3, -0.25) is 4.79 Å². The molecule has 2 fully saturated rings. The van der Waals surface area contributed by atoms with Gasteiger partial charge in [0.05, 0.1) is 11.1 Å². The Hall–Kier alpha value is -1.13. The second-order valence-electron chi connectivity index (χ2n) is 5.35. The van der Waals surface area contributed by atoms with Crippen LogP contribution in [0.4, 0.5) is 4.39 Å². The summed E-state index contributed by atoms with van der Waals surface area (Å²) in [7, 11) is 0. The third-order valence-corrected chi connectivity index (χ3v) is 4.42. The summed E-state index contributed by atoms with van der Waals surface area (Å²) in [4.78, 5) is 12.1. The normalized spacial score (nSPS) is 28.6. The highest BCUT2D eigenvalue weighted by Gasteiger charge is 2.42. The summed E-state index contributed by atoms with van der Waals surface area (Å²) in [5.74, 6) is -0.0499. The van der Waals surface area contributed by atoms with Crippen LogP contribution in [-0.4, -0.2) is 18.0 Å². The van der Waals surface area contributed by atoms with Crippen LogP contribution in [-0.2, 0) is 11.3 Å². The average Bonchev–Trinajstić information content (AvgIpc) is 3.02. The van der Waals surface area contributed by atoms with Gasteiger partial charge in [0.25, 0.3) is 0 Å². The number of rotatable bonds is 3. The van der Waals surface area contributed by atoms with E-state index in [9.17, 15) is 9.18 Å². The van der Waals surface area contributed by atoms with Crippen molar-refractivity contribution in [1.29, 1.82) is 0 Å². The zero-order valence-corrected chi connectivity index (χ0v) is 11.2. The maximum Gasteiger partial charge on any atom is 0.237 e. The lowest BCUT2D eigenvalue weighted by Crippen LogP contribution is -2.47. The first kappa shape index (κ1) is 12.9. The summed E-state index contributed by atoms with van der Waals surface area (Å²) < 4.78 is 13.7. The molecule has 1 saturated heterocycles. The summed E-state index contributed by atoms with van der Waals surface area (Å²) in [5.41, 5.74) is 0.420. The highest BCUT2D eigenvalue weighted by molar-refractivity contribution is 6.30. The molecule has 3 nitrogen and oxygen atoms in total. The Bertz CT molecular complexity index is 508. The molecule has 0 radical (unpaired) electrons. The third-order valence-electron chi connectivity index (χ3n) is 4.13. The fourth-order valence-electron chi connectivity index (χ4n) is 3.13. The van der Waals surface area contributed by atoms with Crippen molar-refractivity contribution in [2.45, 2.75) is 37.9 Å². The molecule has 1 aliphatic carbocycles. The lowest BCUT2D eigenvalue weighted by molar-refractivity contribution is -0.124. The van der Waals surface area contributed by atoms with Crippen molar-refractivity contribution in [2.24, 2.45) is 5.92 Å². The number of nitrogens with one attached hydrogen (secondary N) is 2. The topological polar surface area (TPSA) is 41.1 Å². The zero-order valence-electron chi connectivity index (χ0n) is 10.5. The Labute approximate surface area is 116 Å². The van der Waals surface area contributed by atoms with Crippen molar-refractivity contribution < 1.29 is 9.18 Å². The lowest BCUT2D eigenvalue weighted by atomic mass is 9.99. The van der Waals surface area contributed by atoms with Crippen molar-refractivity contribution in [3.63, 3.8) is 0 Å². The van der Waals surface area contributed by atoms with E-state index in [-0.39, 0.29) is 23.5 Å². The number of hydrogen-bond donors (Lipinski definition) is 2. The second-order valence-corrected chi connectivity index (χ2v) is 5.75. The molecular weight excluding hydrogens is 267 g/mol. The molecule has 3 rings (SSSR count). The van der Waals surface area contributed by atoms with Crippen LogP contribution in [0.1, 0.15) is 24.8 Å². The van der Waals surface area contributed by atoms with Crippen LogP contribution in [0.15, 0.2) is 18.2 Å². The predicted octanol–water partition coefficient (Wildman–Crippen LogP) is 2.24. The SMILES string of the molecule is O=C(NCc1cccc(Cl)c1F)[C@H]1N[C@@H]2CC[C@H]1C2. The van der Waals surface area contributed by atoms with Crippen molar-refractivity contribution in [3.05, 3.63) is 34.6 Å². The molecule has 102 valence electrons. The minimum Gasteiger partial charge on any atom is -0.351 e. The quantitative estimate of drug-likeness (QED) is 0.893. The molecule has 5 heteroatoms. The Morgan fingerprint density at radius 3 is 3.00 bits per heavy atom. The van der Waals surface area contributed by atoms with Gasteiger partial charge in [-0.15, -0.1) is 0 Å². The Kier molecular flexibility index (Phi) is 3.46. The average molecular weight is 283 g/mol. The van der Waals surface area contributed by atoms with Gasteiger partial charge in [-0.2, -0.15) is 0 Å². The molecule has 0 unspecified atom stereocenters. The highest BCUT2D eigenvalue weighted by atomic mass is 35.5. The van der Waals surface area contributed by atoms with E-state index in [1.165, 1.54) is 6.07 Å². The van der Waals surface area contributed by atoms with Crippen LogP contribution in [0, 0.1) is 11.7 Å². The van der Waals surface area contributed by atoms with Gasteiger partial charge in [0, 0.05) is 18.2 Å². The Morgan fingerprint density at radius 2 is 2.32 bits per heavy atom. The number of fused-ring (bicyclic) bond motifs is 2. The van der Waals surface area contributed by atoms with Gasteiger partial charge in [0.15, 0.2) is 0 Å². The second kappa shape index (κ2) is 5.10. The van der Waals surface area contributed by atoms with Gasteiger partial charge in [0.2, 0.25) is 5.91 Å². The molecule has 1 aromatic rings. The first-order valence-electron chi connectivity index (χ1n) is 6.62. The van der Waals surface area contributed by atoms with Gasteiger partial charge in [-0.05, 0) is 31.2 Å². The van der Waals surface area contributed by atoms with Crippen LogP contribution in [0.3, 0.4) is 0 Å². The predicted molar refractivity (Wildman–Crippen MR) is 71.3 cm³/mol. The van der Waals surface area contributed by atoms with Crippen LogP contribution in [0.25, 0.3) is 0 Å². The fraction of sp³-hybridized carbons (Fsp3) is 0.500. The molecule has 3 atom stereocenters. The molecule has 0 spiro atoms. The molecule has 19 heavy (non-hydrogen) atoms. The number of benzene rings is 1. The van der Waals surface area contributed by atoms with Crippen LogP contribution >= 0.6 is 11.6 Å². The molecule has 2 N–H and O–H groups in total. The molecule has 2 bridgehead atoms. The van der Waals surface area contributed by atoms with Crippen LogP contribution in [0.5, 0.6) is 0 Å². The zero-order chi connectivity index (χ0) is 13.4. The Balaban J connectivity index is 1.60. The third kappa shape index (κ3) is 2.47. The van der Waals surface area contributed by atoms with Crippen molar-refractivity contribution in [2.75, 3.05) is 0 Å². The number of carbonyl (C=O) groups is 1. The summed E-state index contributed by atoms with van der Waals surface area (Å²) in [6, 6.07) is 5.20. The monoisotopic (exact) mass is 282 g/mol. The number of halogens is 2. The number of hydrogen-bond acceptors (Lipinski definition) is 2. The maximum atomic E-state index is 13.7. The fourth-order valence-corrected chi connectivity index (χ4v) is 3.32. The van der Waals surface area contributed by atoms with Crippen molar-refractivity contribution >= 4 is 17.5 Å². The van der Waals surface area contributed by atoms with Gasteiger partial charge in [-0.1, -0.05) is 23.7 Å². The lowest BCUT2D eigenvalue weighted by Gasteiger charge is -2.22. The molecular formula is C14H16ClFN2O. The van der Waals surface area contributed by atoms with E-state index in [0.717, 1.165) is 19.3 Å². The molecule has 1 saturated carbocycles. The van der Waals surface area contributed by atoms with Gasteiger partial charge in [0.1, 0.15) is 5.82 Å². The minimum absolute atomic E-state index is 0.0356. The number of amides is 1. The number of piperidine rings is 1. The van der Waals surface area contributed by atoms with Gasteiger partial charge < -0.3 is 10.6 Å². The Morgan fingerprint density at radius 1 is 1.47 bits per heavy atom. The maximum absolute atomic E-state index is 13.7. The van der Waals surface area contributed by atoms with Crippen molar-refractivity contribution in [3.8, 4) is 0 Å². The van der Waals surface area contributed by atoms with Crippen LogP contribution in [0.2, 0.25) is 5.02 Å². The van der Waals surface area contributed by atoms with Crippen LogP contribution < -0.4 is 10.6 Å². The smallest absolute Gasteiger partial charge is 0.237 e. The van der Waals surface area contributed by atoms with Gasteiger partial charge in [-0.25, -0.2) is 4.39 Å². The minimum atomic E-state index is -0.453. The van der Waals surface area contributed by atoms with E-state index in [1.54, 1.807) is 12.1 Å². The molecule has 1 heterocycles. The summed E-state index contributed by atoms with van der Waals surface area (Å²) in [6.07, 6.45) is 3.36. The van der Waals surface area contributed by atoms with E-state index >= 15 is 0 Å². The van der Waals surface area contributed by atoms with E-state index in [0.29, 0.717) is 17.5 Å². The largest absolute Gasteiger partial charge is 0.351 e. The summed E-state index contributed by atoms with van der Waals surface area (Å²) >= 11 is 5.71. The van der Waals surface area contributed by atoms with E-state index in [2.05, 4.69) is 10.6 Å². The first-order chi connectivity index (χ1) is 9.15. The summed E-state index contributed by atoms with van der Waals surface area (Å²) in [5, 5.41) is 6.20. The summed E-state index contributed by atoms with van der Waals surface area (Å²) in [6.45, 7) is 0.181. The van der Waals surface area contributed by atoms with E-state index < -0.39 is 5.82 Å². The van der Waals surface area contributed by atoms with E-state index in [1.807, 2.05) is 0 Å². The first-order valence-corrected chi connectivity index (χ1v) is 6.99. The molecule has 1 aromatic carbocycles. The van der Waals surface area contributed by atoms with Gasteiger partial charge >= 0.3 is 0 Å². The van der Waals surface area contributed by atoms with Crippen molar-refractivity contribution in [1.82, 2.24) is 10.6 Å². The van der Waals surface area contributed by atoms with E-state index in [4.69, 9.17) is 11.6 Å². The standard InChI is InChI=1S/C14H16ClFN2O/c15-11-3-1-2-9(12(11)16)7-17-14(19)13-8-4-5-10(6-8)18-13/h1-3,8,10,13,18H,4-7H2,(H,17,19)/t8-,10+,13-/m0/s1. The highest BCUT2D eigenvalue weighted by Crippen LogP contribution is 2.35. The molecule has 0 aromatic heterocycles. The molecule has 1 amide bonds.